The van der Waals surface area contributed by atoms with E-state index in [-0.39, 0.29) is 12.5 Å². The number of amides is 1. The van der Waals surface area contributed by atoms with Gasteiger partial charge in [0.1, 0.15) is 6.61 Å². The van der Waals surface area contributed by atoms with E-state index in [1.807, 2.05) is 0 Å². The number of carbonyl (C=O) groups excluding carboxylic acids is 1. The van der Waals surface area contributed by atoms with Gasteiger partial charge in [0.2, 0.25) is 5.91 Å². The zero-order valence-corrected chi connectivity index (χ0v) is 9.50. The van der Waals surface area contributed by atoms with Crippen LogP contribution in [0.5, 0.6) is 0 Å². The smallest absolute Gasteiger partial charge is 0.245 e. The molecular formula is C11H22N2O2. The van der Waals surface area contributed by atoms with Crippen LogP contribution in [0.15, 0.2) is 0 Å². The van der Waals surface area contributed by atoms with E-state index >= 15 is 0 Å². The number of hydrogen-bond acceptors (Lipinski definition) is 3. The van der Waals surface area contributed by atoms with E-state index in [4.69, 9.17) is 10.5 Å². The summed E-state index contributed by atoms with van der Waals surface area (Å²) in [5.74, 6) is 1.08. The van der Waals surface area contributed by atoms with Crippen LogP contribution in [0.2, 0.25) is 0 Å². The topological polar surface area (TPSA) is 64.3 Å². The van der Waals surface area contributed by atoms with E-state index in [9.17, 15) is 4.79 Å². The molecule has 1 amide bonds. The minimum atomic E-state index is -0.0601. The highest BCUT2D eigenvalue weighted by Crippen LogP contribution is 2.29. The molecule has 0 heterocycles. The minimum Gasteiger partial charge on any atom is -0.371 e. The summed E-state index contributed by atoms with van der Waals surface area (Å²) in [7, 11) is 1.62. The summed E-state index contributed by atoms with van der Waals surface area (Å²) in [6.07, 6.45) is 4.96. The van der Waals surface area contributed by atoms with Crippen molar-refractivity contribution in [3.8, 4) is 0 Å². The van der Waals surface area contributed by atoms with Crippen LogP contribution in [0.25, 0.3) is 0 Å². The Balaban J connectivity index is 2.20. The molecule has 2 atom stereocenters. The van der Waals surface area contributed by atoms with Gasteiger partial charge in [0.05, 0.1) is 6.61 Å². The van der Waals surface area contributed by atoms with Crippen molar-refractivity contribution in [3.05, 3.63) is 0 Å². The first-order chi connectivity index (χ1) is 7.27. The second-order valence-electron chi connectivity index (χ2n) is 4.23. The van der Waals surface area contributed by atoms with Crippen LogP contribution >= 0.6 is 0 Å². The molecule has 0 bridgehead atoms. The van der Waals surface area contributed by atoms with E-state index in [0.717, 1.165) is 6.54 Å². The Hall–Kier alpha value is -0.610. The largest absolute Gasteiger partial charge is 0.371 e. The Morgan fingerprint density at radius 1 is 1.40 bits per heavy atom. The molecule has 1 fully saturated rings. The molecule has 2 unspecified atom stereocenters. The highest BCUT2D eigenvalue weighted by atomic mass is 16.5. The number of rotatable bonds is 5. The molecule has 1 aliphatic carbocycles. The number of carbonyl (C=O) groups is 1. The van der Waals surface area contributed by atoms with Gasteiger partial charge in [-0.15, -0.1) is 0 Å². The van der Waals surface area contributed by atoms with Gasteiger partial charge in [-0.25, -0.2) is 0 Å². The Morgan fingerprint density at radius 2 is 2.07 bits per heavy atom. The van der Waals surface area contributed by atoms with Gasteiger partial charge in [-0.05, 0) is 31.2 Å². The number of nitrogens with one attached hydrogen (secondary N) is 1. The average Bonchev–Trinajstić information content (AvgIpc) is 2.29. The summed E-state index contributed by atoms with van der Waals surface area (Å²) in [6, 6.07) is 0. The molecule has 0 radical (unpaired) electrons. The lowest BCUT2D eigenvalue weighted by Crippen LogP contribution is -2.31. The summed E-state index contributed by atoms with van der Waals surface area (Å²) in [5.41, 5.74) is 5.72. The second-order valence-corrected chi connectivity index (χ2v) is 4.23. The van der Waals surface area contributed by atoms with Crippen molar-refractivity contribution < 1.29 is 9.53 Å². The fourth-order valence-electron chi connectivity index (χ4n) is 2.19. The molecule has 0 aromatic rings. The SMILES string of the molecule is CNC(=O)COCC1CCCCC1CN. The number of ether oxygens (including phenoxy) is 1. The van der Waals surface area contributed by atoms with Gasteiger partial charge in [-0.1, -0.05) is 12.8 Å². The fourth-order valence-corrected chi connectivity index (χ4v) is 2.19. The minimum absolute atomic E-state index is 0.0601. The van der Waals surface area contributed by atoms with E-state index in [2.05, 4.69) is 5.32 Å². The Labute approximate surface area is 91.5 Å². The molecule has 0 saturated heterocycles. The van der Waals surface area contributed by atoms with E-state index < -0.39 is 0 Å². The van der Waals surface area contributed by atoms with Gasteiger partial charge in [0, 0.05) is 7.05 Å². The maximum atomic E-state index is 10.9. The molecule has 1 saturated carbocycles. The third-order valence-corrected chi connectivity index (χ3v) is 3.21. The molecule has 88 valence electrons. The van der Waals surface area contributed by atoms with Crippen molar-refractivity contribution in [2.24, 2.45) is 17.6 Å². The first kappa shape index (κ1) is 12.5. The molecule has 1 aliphatic rings. The predicted octanol–water partition coefficient (Wildman–Crippen LogP) is 0.514. The molecule has 1 rings (SSSR count). The maximum absolute atomic E-state index is 10.9. The van der Waals surface area contributed by atoms with Crippen LogP contribution in [0, 0.1) is 11.8 Å². The summed E-state index contributed by atoms with van der Waals surface area (Å²) in [5, 5.41) is 2.54. The molecule has 0 aliphatic heterocycles. The van der Waals surface area contributed by atoms with E-state index in [1.54, 1.807) is 7.05 Å². The molecule has 0 aromatic heterocycles. The van der Waals surface area contributed by atoms with Crippen LogP contribution in [-0.2, 0) is 9.53 Å². The third-order valence-electron chi connectivity index (χ3n) is 3.21. The van der Waals surface area contributed by atoms with Crippen LogP contribution in [-0.4, -0.2) is 32.7 Å². The maximum Gasteiger partial charge on any atom is 0.245 e. The van der Waals surface area contributed by atoms with Crippen molar-refractivity contribution in [2.45, 2.75) is 25.7 Å². The lowest BCUT2D eigenvalue weighted by Gasteiger charge is -2.30. The van der Waals surface area contributed by atoms with E-state index in [0.29, 0.717) is 18.4 Å². The van der Waals surface area contributed by atoms with Crippen molar-refractivity contribution in [3.63, 3.8) is 0 Å². The molecule has 4 nitrogen and oxygen atoms in total. The van der Waals surface area contributed by atoms with Gasteiger partial charge >= 0.3 is 0 Å². The fraction of sp³-hybridized carbons (Fsp3) is 0.909. The first-order valence-corrected chi connectivity index (χ1v) is 5.76. The summed E-state index contributed by atoms with van der Waals surface area (Å²) in [6.45, 7) is 1.59. The number of likely N-dealkylation sites (N-methyl/N-ethyl adjacent to an activating group) is 1. The van der Waals surface area contributed by atoms with E-state index in [1.165, 1.54) is 25.7 Å². The number of nitrogens with two attached hydrogens (primary N) is 1. The zero-order chi connectivity index (χ0) is 11.1. The van der Waals surface area contributed by atoms with Gasteiger partial charge in [-0.2, -0.15) is 0 Å². The van der Waals surface area contributed by atoms with Gasteiger partial charge in [0.15, 0.2) is 0 Å². The van der Waals surface area contributed by atoms with Crippen molar-refractivity contribution >= 4 is 5.91 Å². The van der Waals surface area contributed by atoms with Crippen molar-refractivity contribution in [2.75, 3.05) is 26.8 Å². The molecule has 4 heteroatoms. The molecule has 0 aromatic carbocycles. The average molecular weight is 214 g/mol. The lowest BCUT2D eigenvalue weighted by atomic mass is 9.80. The quantitative estimate of drug-likeness (QED) is 0.701. The van der Waals surface area contributed by atoms with Crippen LogP contribution in [0.1, 0.15) is 25.7 Å². The Morgan fingerprint density at radius 3 is 2.67 bits per heavy atom. The highest BCUT2D eigenvalue weighted by Gasteiger charge is 2.23. The number of hydrogen-bond donors (Lipinski definition) is 2. The summed E-state index contributed by atoms with van der Waals surface area (Å²) in [4.78, 5) is 10.9. The zero-order valence-electron chi connectivity index (χ0n) is 9.50. The van der Waals surface area contributed by atoms with Crippen molar-refractivity contribution in [1.82, 2.24) is 5.32 Å². The third kappa shape index (κ3) is 4.18. The second kappa shape index (κ2) is 6.80. The summed E-state index contributed by atoms with van der Waals surface area (Å²) < 4.78 is 5.39. The molecule has 15 heavy (non-hydrogen) atoms. The monoisotopic (exact) mass is 214 g/mol. The Bertz CT molecular complexity index is 197. The lowest BCUT2D eigenvalue weighted by molar-refractivity contribution is -0.126. The van der Waals surface area contributed by atoms with Gasteiger partial charge < -0.3 is 15.8 Å². The molecule has 0 spiro atoms. The standard InChI is InChI=1S/C11H22N2O2/c1-13-11(14)8-15-7-10-5-3-2-4-9(10)6-12/h9-10H,2-8,12H2,1H3,(H,13,14). The van der Waals surface area contributed by atoms with Crippen LogP contribution in [0.3, 0.4) is 0 Å². The van der Waals surface area contributed by atoms with Crippen molar-refractivity contribution in [1.29, 1.82) is 0 Å². The molecule has 3 N–H and O–H groups in total. The normalized spacial score (nSPS) is 26.3. The van der Waals surface area contributed by atoms with Crippen LogP contribution < -0.4 is 11.1 Å². The predicted molar refractivity (Wildman–Crippen MR) is 59.4 cm³/mol. The highest BCUT2D eigenvalue weighted by molar-refractivity contribution is 5.76. The summed E-state index contributed by atoms with van der Waals surface area (Å²) >= 11 is 0. The molecular weight excluding hydrogens is 192 g/mol. The van der Waals surface area contributed by atoms with Gasteiger partial charge in [-0.3, -0.25) is 4.79 Å². The van der Waals surface area contributed by atoms with Gasteiger partial charge in [0.25, 0.3) is 0 Å². The first-order valence-electron chi connectivity index (χ1n) is 5.76. The Kier molecular flexibility index (Phi) is 5.65. The van der Waals surface area contributed by atoms with Crippen LogP contribution in [0.4, 0.5) is 0 Å².